The predicted octanol–water partition coefficient (Wildman–Crippen LogP) is 2.73. The van der Waals surface area contributed by atoms with Crippen LogP contribution in [0.1, 0.15) is 30.5 Å². The number of hydrogen-bond donors (Lipinski definition) is 1. The minimum absolute atomic E-state index is 0.289. The Morgan fingerprint density at radius 3 is 2.20 bits per heavy atom. The normalized spacial score (nSPS) is 11.6. The van der Waals surface area contributed by atoms with Crippen molar-refractivity contribution in [3.63, 3.8) is 0 Å². The quantitative estimate of drug-likeness (QED) is 0.827. The molecule has 0 aliphatic carbocycles. The highest BCUT2D eigenvalue weighted by Gasteiger charge is 2.14. The molecule has 0 aliphatic heterocycles. The zero-order valence-electron chi connectivity index (χ0n) is 10.3. The minimum Gasteiger partial charge on any atom is -0.491 e. The van der Waals surface area contributed by atoms with Crippen LogP contribution in [0, 0.1) is 20.8 Å². The summed E-state index contributed by atoms with van der Waals surface area (Å²) in [5.74, 6) is 0.980. The van der Waals surface area contributed by atoms with Gasteiger partial charge in [-0.3, -0.25) is 0 Å². The highest BCUT2D eigenvalue weighted by Crippen LogP contribution is 2.26. The van der Waals surface area contributed by atoms with Gasteiger partial charge in [0.15, 0.2) is 0 Å². The maximum Gasteiger partial charge on any atom is 0.125 e. The summed E-state index contributed by atoms with van der Waals surface area (Å²) in [5, 5.41) is 0. The molecule has 1 rings (SSSR count). The summed E-state index contributed by atoms with van der Waals surface area (Å²) in [4.78, 5) is 0. The molecule has 15 heavy (non-hydrogen) atoms. The Morgan fingerprint density at radius 2 is 1.67 bits per heavy atom. The maximum absolute atomic E-state index is 5.90. The highest BCUT2D eigenvalue weighted by atomic mass is 16.5. The molecule has 2 nitrogen and oxygen atoms in total. The molecule has 0 saturated heterocycles. The molecule has 1 aromatic rings. The topological polar surface area (TPSA) is 35.2 Å². The summed E-state index contributed by atoms with van der Waals surface area (Å²) in [6.45, 7) is 10.7. The van der Waals surface area contributed by atoms with Crippen LogP contribution >= 0.6 is 0 Å². The van der Waals surface area contributed by atoms with E-state index in [0.717, 1.165) is 5.75 Å². The molecule has 0 bridgehead atoms. The molecular formula is C13H21NO. The third kappa shape index (κ3) is 3.24. The van der Waals surface area contributed by atoms with Gasteiger partial charge in [-0.2, -0.15) is 0 Å². The van der Waals surface area contributed by atoms with Gasteiger partial charge >= 0.3 is 0 Å². The van der Waals surface area contributed by atoms with E-state index in [4.69, 9.17) is 10.5 Å². The summed E-state index contributed by atoms with van der Waals surface area (Å²) >= 11 is 0. The molecule has 0 radical (unpaired) electrons. The Bertz CT molecular complexity index is 350. The van der Waals surface area contributed by atoms with E-state index in [2.05, 4.69) is 32.9 Å². The van der Waals surface area contributed by atoms with Crippen molar-refractivity contribution < 1.29 is 4.74 Å². The second-order valence-corrected chi connectivity index (χ2v) is 4.93. The Labute approximate surface area is 92.4 Å². The molecule has 0 amide bonds. The van der Waals surface area contributed by atoms with Crippen molar-refractivity contribution in [1.82, 2.24) is 0 Å². The van der Waals surface area contributed by atoms with Gasteiger partial charge in [0.25, 0.3) is 0 Å². The van der Waals surface area contributed by atoms with E-state index in [-0.39, 0.29) is 5.54 Å². The standard InChI is InChI=1S/C13H21NO/c1-9-6-7-10(2)12(11(9)3)15-8-13(4,5)14/h6-7H,8,14H2,1-5H3. The van der Waals surface area contributed by atoms with E-state index < -0.39 is 0 Å². The molecular weight excluding hydrogens is 186 g/mol. The Balaban J connectivity index is 2.90. The van der Waals surface area contributed by atoms with Gasteiger partial charge in [-0.15, -0.1) is 0 Å². The number of ether oxygens (including phenoxy) is 1. The Kier molecular flexibility index (Phi) is 3.40. The van der Waals surface area contributed by atoms with E-state index in [1.54, 1.807) is 0 Å². The summed E-state index contributed by atoms with van der Waals surface area (Å²) < 4.78 is 5.79. The summed E-state index contributed by atoms with van der Waals surface area (Å²) in [7, 11) is 0. The van der Waals surface area contributed by atoms with Gasteiger partial charge < -0.3 is 10.5 Å². The third-order valence-electron chi connectivity index (χ3n) is 2.46. The number of rotatable bonds is 3. The van der Waals surface area contributed by atoms with Gasteiger partial charge in [-0.1, -0.05) is 12.1 Å². The molecule has 84 valence electrons. The minimum atomic E-state index is -0.289. The average molecular weight is 207 g/mol. The van der Waals surface area contributed by atoms with Gasteiger partial charge in [-0.25, -0.2) is 0 Å². The SMILES string of the molecule is Cc1ccc(C)c(OCC(C)(C)N)c1C. The van der Waals surface area contributed by atoms with Crippen LogP contribution in [0.25, 0.3) is 0 Å². The zero-order valence-corrected chi connectivity index (χ0v) is 10.3. The molecule has 0 aliphatic rings. The van der Waals surface area contributed by atoms with E-state index in [9.17, 15) is 0 Å². The molecule has 1 aromatic carbocycles. The lowest BCUT2D eigenvalue weighted by molar-refractivity contribution is 0.240. The smallest absolute Gasteiger partial charge is 0.125 e. The van der Waals surface area contributed by atoms with Gasteiger partial charge in [0.2, 0.25) is 0 Å². The highest BCUT2D eigenvalue weighted by molar-refractivity contribution is 5.44. The average Bonchev–Trinajstić information content (AvgIpc) is 2.10. The fourth-order valence-electron chi connectivity index (χ4n) is 1.41. The molecule has 0 atom stereocenters. The van der Waals surface area contributed by atoms with Gasteiger partial charge in [0.1, 0.15) is 12.4 Å². The Hall–Kier alpha value is -1.02. The van der Waals surface area contributed by atoms with Crippen LogP contribution in [0.5, 0.6) is 5.75 Å². The molecule has 0 spiro atoms. The first-order valence-corrected chi connectivity index (χ1v) is 5.30. The van der Waals surface area contributed by atoms with Crippen LogP contribution in [0.4, 0.5) is 0 Å². The Morgan fingerprint density at radius 1 is 1.13 bits per heavy atom. The summed E-state index contributed by atoms with van der Waals surface area (Å²) in [6.07, 6.45) is 0. The van der Waals surface area contributed by atoms with Crippen molar-refractivity contribution in [3.05, 3.63) is 28.8 Å². The molecule has 0 unspecified atom stereocenters. The monoisotopic (exact) mass is 207 g/mol. The van der Waals surface area contributed by atoms with E-state index in [0.29, 0.717) is 6.61 Å². The van der Waals surface area contributed by atoms with Crippen molar-refractivity contribution in [2.24, 2.45) is 5.73 Å². The first kappa shape index (κ1) is 12.1. The molecule has 0 heterocycles. The molecule has 2 N–H and O–H groups in total. The number of aryl methyl sites for hydroxylation is 2. The first-order chi connectivity index (χ1) is 6.81. The van der Waals surface area contributed by atoms with Gasteiger partial charge in [0, 0.05) is 5.54 Å². The summed E-state index contributed by atoms with van der Waals surface area (Å²) in [6, 6.07) is 4.20. The number of nitrogens with two attached hydrogens (primary N) is 1. The summed E-state index contributed by atoms with van der Waals surface area (Å²) in [5.41, 5.74) is 9.24. The van der Waals surface area contributed by atoms with Crippen LogP contribution in [-0.2, 0) is 0 Å². The van der Waals surface area contributed by atoms with E-state index >= 15 is 0 Å². The zero-order chi connectivity index (χ0) is 11.6. The van der Waals surface area contributed by atoms with Crippen molar-refractivity contribution >= 4 is 0 Å². The van der Waals surface area contributed by atoms with Crippen LogP contribution in [0.2, 0.25) is 0 Å². The molecule has 0 fully saturated rings. The van der Waals surface area contributed by atoms with Crippen LogP contribution in [0.3, 0.4) is 0 Å². The van der Waals surface area contributed by atoms with Gasteiger partial charge in [-0.05, 0) is 51.3 Å². The molecule has 2 heteroatoms. The van der Waals surface area contributed by atoms with E-state index in [1.165, 1.54) is 16.7 Å². The fourth-order valence-corrected chi connectivity index (χ4v) is 1.41. The number of benzene rings is 1. The maximum atomic E-state index is 5.90. The lowest BCUT2D eigenvalue weighted by atomic mass is 10.0. The van der Waals surface area contributed by atoms with Crippen molar-refractivity contribution in [2.75, 3.05) is 6.61 Å². The van der Waals surface area contributed by atoms with Crippen LogP contribution in [0.15, 0.2) is 12.1 Å². The van der Waals surface area contributed by atoms with Crippen LogP contribution in [-0.4, -0.2) is 12.1 Å². The second kappa shape index (κ2) is 4.23. The van der Waals surface area contributed by atoms with Crippen LogP contribution < -0.4 is 10.5 Å². The largest absolute Gasteiger partial charge is 0.491 e. The lowest BCUT2D eigenvalue weighted by Crippen LogP contribution is -2.38. The van der Waals surface area contributed by atoms with Crippen molar-refractivity contribution in [2.45, 2.75) is 40.2 Å². The van der Waals surface area contributed by atoms with Crippen molar-refractivity contribution in [1.29, 1.82) is 0 Å². The lowest BCUT2D eigenvalue weighted by Gasteiger charge is -2.21. The fraction of sp³-hybridized carbons (Fsp3) is 0.538. The molecule has 0 saturated carbocycles. The van der Waals surface area contributed by atoms with Crippen molar-refractivity contribution in [3.8, 4) is 5.75 Å². The molecule has 0 aromatic heterocycles. The first-order valence-electron chi connectivity index (χ1n) is 5.30. The van der Waals surface area contributed by atoms with E-state index in [1.807, 2.05) is 13.8 Å². The second-order valence-electron chi connectivity index (χ2n) is 4.93. The predicted molar refractivity (Wildman–Crippen MR) is 64.4 cm³/mol. The number of hydrogen-bond acceptors (Lipinski definition) is 2. The third-order valence-corrected chi connectivity index (χ3v) is 2.46. The van der Waals surface area contributed by atoms with Gasteiger partial charge in [0.05, 0.1) is 0 Å².